The predicted octanol–water partition coefficient (Wildman–Crippen LogP) is 5.17. The van der Waals surface area contributed by atoms with E-state index in [0.717, 1.165) is 70.8 Å². The Morgan fingerprint density at radius 1 is 0.636 bits per heavy atom. The average Bonchev–Trinajstić information content (AvgIpc) is 2.50. The van der Waals surface area contributed by atoms with Crippen LogP contribution in [0.4, 0.5) is 0 Å². The van der Waals surface area contributed by atoms with Crippen molar-refractivity contribution in [2.45, 2.75) is 104 Å². The Morgan fingerprint density at radius 3 is 1.77 bits per heavy atom. The van der Waals surface area contributed by atoms with E-state index in [-0.39, 0.29) is 5.91 Å². The first kappa shape index (κ1) is 21.1. The molecule has 0 saturated heterocycles. The third kappa shape index (κ3) is 15.5. The number of Topliss-reactive ketones (excluding diaryl/α,β-unsaturated/α-hetero) is 1. The van der Waals surface area contributed by atoms with Gasteiger partial charge < -0.3 is 5.32 Å². The molecule has 0 spiro atoms. The van der Waals surface area contributed by atoms with Gasteiger partial charge in [0, 0.05) is 25.8 Å². The molecular formula is C19H37NO2. The predicted molar refractivity (Wildman–Crippen MR) is 94.0 cm³/mol. The molecule has 0 heterocycles. The van der Waals surface area contributed by atoms with Gasteiger partial charge in [0.05, 0.1) is 0 Å². The third-order valence-electron chi connectivity index (χ3n) is 4.02. The SMILES string of the molecule is CCCCCC(=O)CCCCCCCNC(=O)CCCCC. The summed E-state index contributed by atoms with van der Waals surface area (Å²) in [5, 5.41) is 2.99. The van der Waals surface area contributed by atoms with E-state index in [0.29, 0.717) is 12.2 Å². The van der Waals surface area contributed by atoms with Gasteiger partial charge in [-0.3, -0.25) is 9.59 Å². The molecule has 0 aliphatic carbocycles. The van der Waals surface area contributed by atoms with E-state index >= 15 is 0 Å². The van der Waals surface area contributed by atoms with Crippen LogP contribution in [-0.4, -0.2) is 18.2 Å². The summed E-state index contributed by atoms with van der Waals surface area (Å²) >= 11 is 0. The summed E-state index contributed by atoms with van der Waals surface area (Å²) in [5.41, 5.74) is 0. The summed E-state index contributed by atoms with van der Waals surface area (Å²) in [5.74, 6) is 0.638. The zero-order chi connectivity index (χ0) is 16.5. The number of carbonyl (C=O) groups is 2. The molecule has 0 unspecified atom stereocenters. The summed E-state index contributed by atoms with van der Waals surface area (Å²) < 4.78 is 0. The van der Waals surface area contributed by atoms with E-state index in [4.69, 9.17) is 0 Å². The van der Waals surface area contributed by atoms with Gasteiger partial charge in [-0.15, -0.1) is 0 Å². The molecule has 1 N–H and O–H groups in total. The van der Waals surface area contributed by atoms with E-state index < -0.39 is 0 Å². The zero-order valence-corrected chi connectivity index (χ0v) is 14.9. The second-order valence-corrected chi connectivity index (χ2v) is 6.32. The minimum Gasteiger partial charge on any atom is -0.356 e. The Kier molecular flexibility index (Phi) is 15.9. The van der Waals surface area contributed by atoms with E-state index in [1.54, 1.807) is 0 Å². The maximum atomic E-state index is 11.6. The van der Waals surface area contributed by atoms with Gasteiger partial charge in [0.2, 0.25) is 5.91 Å². The molecule has 0 bridgehead atoms. The Balaban J connectivity index is 3.23. The first-order chi connectivity index (χ1) is 10.7. The van der Waals surface area contributed by atoms with Crippen molar-refractivity contribution in [3.8, 4) is 0 Å². The number of amides is 1. The van der Waals surface area contributed by atoms with Gasteiger partial charge in [0.25, 0.3) is 0 Å². The third-order valence-corrected chi connectivity index (χ3v) is 4.02. The number of hydrogen-bond donors (Lipinski definition) is 1. The lowest BCUT2D eigenvalue weighted by atomic mass is 10.0. The minimum atomic E-state index is 0.200. The van der Waals surface area contributed by atoms with Gasteiger partial charge in [-0.2, -0.15) is 0 Å². The van der Waals surface area contributed by atoms with Gasteiger partial charge in [0.1, 0.15) is 5.78 Å². The van der Waals surface area contributed by atoms with Crippen LogP contribution in [0.15, 0.2) is 0 Å². The monoisotopic (exact) mass is 311 g/mol. The Labute approximate surface area is 137 Å². The highest BCUT2D eigenvalue weighted by Crippen LogP contribution is 2.08. The van der Waals surface area contributed by atoms with Crippen LogP contribution >= 0.6 is 0 Å². The zero-order valence-electron chi connectivity index (χ0n) is 14.9. The summed E-state index contributed by atoms with van der Waals surface area (Å²) in [6.07, 6.45) is 14.5. The normalized spacial score (nSPS) is 10.6. The lowest BCUT2D eigenvalue weighted by molar-refractivity contribution is -0.121. The van der Waals surface area contributed by atoms with Crippen molar-refractivity contribution in [2.75, 3.05) is 6.54 Å². The number of rotatable bonds is 16. The Morgan fingerprint density at radius 2 is 1.14 bits per heavy atom. The number of nitrogens with one attached hydrogen (secondary N) is 1. The molecule has 0 radical (unpaired) electrons. The van der Waals surface area contributed by atoms with Crippen LogP contribution in [0, 0.1) is 0 Å². The van der Waals surface area contributed by atoms with Crippen molar-refractivity contribution >= 4 is 11.7 Å². The molecule has 0 aliphatic rings. The maximum absolute atomic E-state index is 11.6. The molecule has 0 aromatic heterocycles. The van der Waals surface area contributed by atoms with Gasteiger partial charge >= 0.3 is 0 Å². The summed E-state index contributed by atoms with van der Waals surface area (Å²) in [6.45, 7) is 5.12. The molecule has 1 amide bonds. The molecule has 0 atom stereocenters. The maximum Gasteiger partial charge on any atom is 0.219 e. The van der Waals surface area contributed by atoms with Crippen LogP contribution in [0.25, 0.3) is 0 Å². The van der Waals surface area contributed by atoms with Gasteiger partial charge in [-0.25, -0.2) is 0 Å². The lowest BCUT2D eigenvalue weighted by Crippen LogP contribution is -2.23. The fourth-order valence-corrected chi connectivity index (χ4v) is 2.53. The second kappa shape index (κ2) is 16.5. The first-order valence-electron chi connectivity index (χ1n) is 9.49. The molecule has 3 nitrogen and oxygen atoms in total. The quantitative estimate of drug-likeness (QED) is 0.400. The first-order valence-corrected chi connectivity index (χ1v) is 9.49. The van der Waals surface area contributed by atoms with Crippen molar-refractivity contribution in [1.29, 1.82) is 0 Å². The van der Waals surface area contributed by atoms with E-state index in [1.807, 2.05) is 0 Å². The fraction of sp³-hybridized carbons (Fsp3) is 0.895. The summed E-state index contributed by atoms with van der Waals surface area (Å²) in [4.78, 5) is 23.1. The lowest BCUT2D eigenvalue weighted by Gasteiger charge is -2.05. The smallest absolute Gasteiger partial charge is 0.219 e. The average molecular weight is 312 g/mol. The number of ketones is 1. The molecular weight excluding hydrogens is 274 g/mol. The van der Waals surface area contributed by atoms with Crippen molar-refractivity contribution < 1.29 is 9.59 Å². The second-order valence-electron chi connectivity index (χ2n) is 6.32. The highest BCUT2D eigenvalue weighted by Gasteiger charge is 2.02. The van der Waals surface area contributed by atoms with E-state index in [2.05, 4.69) is 19.2 Å². The molecule has 3 heteroatoms. The largest absolute Gasteiger partial charge is 0.356 e. The van der Waals surface area contributed by atoms with Crippen molar-refractivity contribution in [2.24, 2.45) is 0 Å². The van der Waals surface area contributed by atoms with E-state index in [9.17, 15) is 9.59 Å². The molecule has 0 saturated carbocycles. The summed E-state index contributed by atoms with van der Waals surface area (Å²) in [6, 6.07) is 0. The summed E-state index contributed by atoms with van der Waals surface area (Å²) in [7, 11) is 0. The Hall–Kier alpha value is -0.860. The molecule has 0 rings (SSSR count). The number of carbonyl (C=O) groups excluding carboxylic acids is 2. The topological polar surface area (TPSA) is 46.2 Å². The molecule has 0 aliphatic heterocycles. The van der Waals surface area contributed by atoms with Gasteiger partial charge in [0.15, 0.2) is 0 Å². The van der Waals surface area contributed by atoms with Crippen LogP contribution < -0.4 is 5.32 Å². The van der Waals surface area contributed by atoms with Crippen molar-refractivity contribution in [1.82, 2.24) is 5.32 Å². The Bertz CT molecular complexity index is 249. The highest BCUT2D eigenvalue weighted by molar-refractivity contribution is 5.78. The van der Waals surface area contributed by atoms with Gasteiger partial charge in [-0.05, 0) is 25.7 Å². The van der Waals surface area contributed by atoms with Crippen LogP contribution in [0.3, 0.4) is 0 Å². The van der Waals surface area contributed by atoms with E-state index in [1.165, 1.54) is 19.3 Å². The molecule has 22 heavy (non-hydrogen) atoms. The van der Waals surface area contributed by atoms with Crippen molar-refractivity contribution in [3.63, 3.8) is 0 Å². The van der Waals surface area contributed by atoms with Crippen molar-refractivity contribution in [3.05, 3.63) is 0 Å². The molecule has 130 valence electrons. The van der Waals surface area contributed by atoms with Gasteiger partial charge in [-0.1, -0.05) is 58.8 Å². The number of hydrogen-bond acceptors (Lipinski definition) is 2. The van der Waals surface area contributed by atoms with Crippen LogP contribution in [0.5, 0.6) is 0 Å². The fourth-order valence-electron chi connectivity index (χ4n) is 2.53. The molecule has 0 aromatic rings. The highest BCUT2D eigenvalue weighted by atomic mass is 16.1. The van der Waals surface area contributed by atoms with Crippen LogP contribution in [0.2, 0.25) is 0 Å². The molecule has 0 fully saturated rings. The van der Waals surface area contributed by atoms with Crippen LogP contribution in [-0.2, 0) is 9.59 Å². The minimum absolute atomic E-state index is 0.200. The molecule has 0 aromatic carbocycles. The standard InChI is InChI=1S/C19H37NO2/c1-3-5-10-14-18(21)15-12-8-7-9-13-17-20-19(22)16-11-6-4-2/h3-17H2,1-2H3,(H,20,22). The number of unbranched alkanes of at least 4 members (excludes halogenated alkanes) is 8. The van der Waals surface area contributed by atoms with Crippen LogP contribution in [0.1, 0.15) is 104 Å².